The SMILES string of the molecule is O=C(NCCc1ccc(Cl)cc1)[C@H]1CCCN(CC(F)(F)F)C1. The number of halogens is 4. The zero-order valence-electron chi connectivity index (χ0n) is 12.7. The van der Waals surface area contributed by atoms with Crippen molar-refractivity contribution in [2.75, 3.05) is 26.2 Å². The van der Waals surface area contributed by atoms with Crippen LogP contribution in [0.15, 0.2) is 24.3 Å². The Hall–Kier alpha value is -1.27. The quantitative estimate of drug-likeness (QED) is 0.885. The second-order valence-electron chi connectivity index (χ2n) is 5.86. The zero-order valence-corrected chi connectivity index (χ0v) is 13.5. The van der Waals surface area contributed by atoms with Gasteiger partial charge in [-0.25, -0.2) is 0 Å². The molecule has 3 nitrogen and oxygen atoms in total. The monoisotopic (exact) mass is 348 g/mol. The lowest BCUT2D eigenvalue weighted by Gasteiger charge is -2.32. The summed E-state index contributed by atoms with van der Waals surface area (Å²) in [6.07, 6.45) is -2.29. The van der Waals surface area contributed by atoms with Crippen molar-refractivity contribution in [3.05, 3.63) is 34.9 Å². The highest BCUT2D eigenvalue weighted by Crippen LogP contribution is 2.22. The van der Waals surface area contributed by atoms with Crippen molar-refractivity contribution in [1.82, 2.24) is 10.2 Å². The summed E-state index contributed by atoms with van der Waals surface area (Å²) in [4.78, 5) is 13.4. The van der Waals surface area contributed by atoms with Gasteiger partial charge in [0.05, 0.1) is 12.5 Å². The van der Waals surface area contributed by atoms with Crippen LogP contribution in [0.1, 0.15) is 18.4 Å². The van der Waals surface area contributed by atoms with Crippen LogP contribution in [-0.4, -0.2) is 43.2 Å². The minimum atomic E-state index is -4.22. The number of rotatable bonds is 5. The van der Waals surface area contributed by atoms with Gasteiger partial charge in [-0.1, -0.05) is 23.7 Å². The molecule has 23 heavy (non-hydrogen) atoms. The van der Waals surface area contributed by atoms with Crippen LogP contribution in [0.3, 0.4) is 0 Å². The first-order valence-electron chi connectivity index (χ1n) is 7.65. The lowest BCUT2D eigenvalue weighted by molar-refractivity contribution is -0.152. The summed E-state index contributed by atoms with van der Waals surface area (Å²) in [7, 11) is 0. The van der Waals surface area contributed by atoms with Gasteiger partial charge in [-0.05, 0) is 43.5 Å². The molecule has 1 amide bonds. The van der Waals surface area contributed by atoms with Gasteiger partial charge in [0.2, 0.25) is 5.91 Å². The van der Waals surface area contributed by atoms with E-state index in [0.29, 0.717) is 37.4 Å². The molecule has 1 aliphatic heterocycles. The van der Waals surface area contributed by atoms with E-state index >= 15 is 0 Å². The van der Waals surface area contributed by atoms with E-state index in [0.717, 1.165) is 5.56 Å². The van der Waals surface area contributed by atoms with Crippen LogP contribution in [0.25, 0.3) is 0 Å². The number of nitrogens with one attached hydrogen (secondary N) is 1. The van der Waals surface area contributed by atoms with Crippen molar-refractivity contribution < 1.29 is 18.0 Å². The molecule has 0 radical (unpaired) electrons. The van der Waals surface area contributed by atoms with Crippen LogP contribution < -0.4 is 5.32 Å². The molecule has 0 aliphatic carbocycles. The Bertz CT molecular complexity index is 519. The molecule has 1 N–H and O–H groups in total. The first-order chi connectivity index (χ1) is 10.8. The van der Waals surface area contributed by atoms with Crippen LogP contribution in [0, 0.1) is 5.92 Å². The van der Waals surface area contributed by atoms with Gasteiger partial charge < -0.3 is 5.32 Å². The number of benzene rings is 1. The van der Waals surface area contributed by atoms with Gasteiger partial charge in [0.25, 0.3) is 0 Å². The van der Waals surface area contributed by atoms with Gasteiger partial charge in [0.1, 0.15) is 0 Å². The molecule has 1 aromatic rings. The van der Waals surface area contributed by atoms with E-state index in [9.17, 15) is 18.0 Å². The molecule has 2 rings (SSSR count). The Balaban J connectivity index is 1.75. The number of amides is 1. The lowest BCUT2D eigenvalue weighted by atomic mass is 9.97. The van der Waals surface area contributed by atoms with E-state index in [1.807, 2.05) is 12.1 Å². The number of alkyl halides is 3. The minimum Gasteiger partial charge on any atom is -0.355 e. The minimum absolute atomic E-state index is 0.161. The van der Waals surface area contributed by atoms with Crippen LogP contribution in [0.2, 0.25) is 5.02 Å². The highest BCUT2D eigenvalue weighted by Gasteiger charge is 2.34. The number of carbonyl (C=O) groups is 1. The number of hydrogen-bond donors (Lipinski definition) is 1. The smallest absolute Gasteiger partial charge is 0.355 e. The Labute approximate surface area is 138 Å². The Morgan fingerprint density at radius 2 is 2.00 bits per heavy atom. The molecule has 1 heterocycles. The molecular weight excluding hydrogens is 329 g/mol. The highest BCUT2D eigenvalue weighted by atomic mass is 35.5. The van der Waals surface area contributed by atoms with Gasteiger partial charge in [0, 0.05) is 18.1 Å². The summed E-state index contributed by atoms with van der Waals surface area (Å²) in [6, 6.07) is 7.35. The summed E-state index contributed by atoms with van der Waals surface area (Å²) in [5, 5.41) is 3.48. The predicted molar refractivity (Wildman–Crippen MR) is 83.4 cm³/mol. The topological polar surface area (TPSA) is 32.3 Å². The summed E-state index contributed by atoms with van der Waals surface area (Å²) >= 11 is 5.80. The second kappa shape index (κ2) is 8.02. The molecule has 7 heteroatoms. The predicted octanol–water partition coefficient (Wildman–Crippen LogP) is 3.27. The first-order valence-corrected chi connectivity index (χ1v) is 8.02. The molecule has 1 saturated heterocycles. The fourth-order valence-corrected chi connectivity index (χ4v) is 2.92. The lowest BCUT2D eigenvalue weighted by Crippen LogP contribution is -2.46. The molecule has 1 aromatic carbocycles. The summed E-state index contributed by atoms with van der Waals surface area (Å²) in [5.41, 5.74) is 1.05. The van der Waals surface area contributed by atoms with Crippen molar-refractivity contribution in [2.24, 2.45) is 5.92 Å². The first kappa shape index (κ1) is 18.1. The summed E-state index contributed by atoms with van der Waals surface area (Å²) in [6.45, 7) is 0.0954. The van der Waals surface area contributed by atoms with Crippen molar-refractivity contribution in [3.63, 3.8) is 0 Å². The van der Waals surface area contributed by atoms with E-state index < -0.39 is 12.7 Å². The van der Waals surface area contributed by atoms with Gasteiger partial charge in [0.15, 0.2) is 0 Å². The second-order valence-corrected chi connectivity index (χ2v) is 6.29. The maximum atomic E-state index is 12.4. The number of likely N-dealkylation sites (tertiary alicyclic amines) is 1. The Morgan fingerprint density at radius 1 is 1.30 bits per heavy atom. The number of piperidine rings is 1. The molecule has 0 aromatic heterocycles. The average Bonchev–Trinajstić information content (AvgIpc) is 2.48. The van der Waals surface area contributed by atoms with Crippen LogP contribution in [0.5, 0.6) is 0 Å². The van der Waals surface area contributed by atoms with Crippen molar-refractivity contribution in [3.8, 4) is 0 Å². The van der Waals surface area contributed by atoms with Crippen molar-refractivity contribution in [1.29, 1.82) is 0 Å². The molecule has 1 fully saturated rings. The molecule has 0 saturated carbocycles. The molecule has 1 atom stereocenters. The third kappa shape index (κ3) is 6.39. The van der Waals surface area contributed by atoms with Gasteiger partial charge in [-0.2, -0.15) is 13.2 Å². The average molecular weight is 349 g/mol. The van der Waals surface area contributed by atoms with E-state index in [4.69, 9.17) is 11.6 Å². The van der Waals surface area contributed by atoms with E-state index in [2.05, 4.69) is 5.32 Å². The largest absolute Gasteiger partial charge is 0.401 e. The van der Waals surface area contributed by atoms with Gasteiger partial charge in [-0.15, -0.1) is 0 Å². The van der Waals surface area contributed by atoms with Crippen LogP contribution in [0.4, 0.5) is 13.2 Å². The van der Waals surface area contributed by atoms with Crippen molar-refractivity contribution in [2.45, 2.75) is 25.4 Å². The number of carbonyl (C=O) groups excluding carboxylic acids is 1. The zero-order chi connectivity index (χ0) is 16.9. The fraction of sp³-hybridized carbons (Fsp3) is 0.562. The molecule has 1 aliphatic rings. The van der Waals surface area contributed by atoms with E-state index in [-0.39, 0.29) is 18.4 Å². The third-order valence-electron chi connectivity index (χ3n) is 3.91. The van der Waals surface area contributed by atoms with Crippen molar-refractivity contribution >= 4 is 17.5 Å². The van der Waals surface area contributed by atoms with Gasteiger partial charge in [-0.3, -0.25) is 9.69 Å². The summed E-state index contributed by atoms with van der Waals surface area (Å²) in [5.74, 6) is -0.526. The highest BCUT2D eigenvalue weighted by molar-refractivity contribution is 6.30. The van der Waals surface area contributed by atoms with Crippen LogP contribution in [-0.2, 0) is 11.2 Å². The Kier molecular flexibility index (Phi) is 6.30. The molecule has 0 spiro atoms. The fourth-order valence-electron chi connectivity index (χ4n) is 2.79. The molecule has 0 unspecified atom stereocenters. The molecule has 128 valence electrons. The van der Waals surface area contributed by atoms with E-state index in [1.54, 1.807) is 12.1 Å². The molecular formula is C16H20ClF3N2O. The third-order valence-corrected chi connectivity index (χ3v) is 4.16. The summed E-state index contributed by atoms with van der Waals surface area (Å²) < 4.78 is 37.3. The maximum Gasteiger partial charge on any atom is 0.401 e. The maximum absolute atomic E-state index is 12.4. The molecule has 0 bridgehead atoms. The number of nitrogens with zero attached hydrogens (tertiary/aromatic N) is 1. The van der Waals surface area contributed by atoms with Gasteiger partial charge >= 0.3 is 6.18 Å². The van der Waals surface area contributed by atoms with Crippen LogP contribution >= 0.6 is 11.6 Å². The van der Waals surface area contributed by atoms with E-state index in [1.165, 1.54) is 4.90 Å². The Morgan fingerprint density at radius 3 is 2.65 bits per heavy atom. The normalized spacial score (nSPS) is 19.6. The number of hydrogen-bond acceptors (Lipinski definition) is 2. The standard InChI is InChI=1S/C16H20ClF3N2O/c17-14-5-3-12(4-6-14)7-8-21-15(23)13-2-1-9-22(10-13)11-16(18,19)20/h3-6,13H,1-2,7-11H2,(H,21,23)/t13-/m0/s1.